The number of hydrogen-bond acceptors (Lipinski definition) is 7. The first-order valence-corrected chi connectivity index (χ1v) is 9.81. The molecule has 8 nitrogen and oxygen atoms in total. The number of sulfone groups is 1. The SMILES string of the molecule is COc1c(C)cnn(-c2ccc(S(C)(=O)=O)c(C3=NOCC3)c2C)c1=O. The van der Waals surface area contributed by atoms with Gasteiger partial charge >= 0.3 is 5.56 Å². The highest BCUT2D eigenvalue weighted by molar-refractivity contribution is 7.90. The van der Waals surface area contributed by atoms with Crippen LogP contribution >= 0.6 is 0 Å². The van der Waals surface area contributed by atoms with Gasteiger partial charge in [-0.15, -0.1) is 0 Å². The van der Waals surface area contributed by atoms with E-state index in [9.17, 15) is 13.2 Å². The van der Waals surface area contributed by atoms with Crippen LogP contribution < -0.4 is 10.3 Å². The van der Waals surface area contributed by atoms with Gasteiger partial charge in [0.15, 0.2) is 15.6 Å². The van der Waals surface area contributed by atoms with Crippen molar-refractivity contribution < 1.29 is 18.0 Å². The Kier molecular flexibility index (Phi) is 4.57. The molecular formula is C17H19N3O5S. The Balaban J connectivity index is 2.33. The number of rotatable bonds is 4. The van der Waals surface area contributed by atoms with Gasteiger partial charge in [0.05, 0.1) is 29.6 Å². The second-order valence-electron chi connectivity index (χ2n) is 6.05. The van der Waals surface area contributed by atoms with Gasteiger partial charge in [-0.25, -0.2) is 8.42 Å². The lowest BCUT2D eigenvalue weighted by atomic mass is 10.0. The minimum absolute atomic E-state index is 0.148. The summed E-state index contributed by atoms with van der Waals surface area (Å²) in [5.41, 5.74) is 2.24. The molecule has 0 atom stereocenters. The molecule has 0 aliphatic carbocycles. The van der Waals surface area contributed by atoms with Gasteiger partial charge < -0.3 is 9.57 Å². The van der Waals surface area contributed by atoms with Gasteiger partial charge in [-0.05, 0) is 31.5 Å². The fourth-order valence-electron chi connectivity index (χ4n) is 3.00. The van der Waals surface area contributed by atoms with Crippen molar-refractivity contribution in [2.45, 2.75) is 25.2 Å². The van der Waals surface area contributed by atoms with Gasteiger partial charge in [0.1, 0.15) is 6.61 Å². The molecule has 0 saturated heterocycles. The smallest absolute Gasteiger partial charge is 0.314 e. The molecule has 2 heterocycles. The van der Waals surface area contributed by atoms with Crippen molar-refractivity contribution in [3.05, 3.63) is 45.4 Å². The lowest BCUT2D eigenvalue weighted by Gasteiger charge is -2.16. The molecule has 0 bridgehead atoms. The zero-order chi connectivity index (χ0) is 19.1. The normalized spacial score (nSPS) is 14.1. The zero-order valence-corrected chi connectivity index (χ0v) is 15.8. The third-order valence-corrected chi connectivity index (χ3v) is 5.37. The topological polar surface area (TPSA) is 99.9 Å². The predicted octanol–water partition coefficient (Wildman–Crippen LogP) is 1.39. The van der Waals surface area contributed by atoms with Gasteiger partial charge in [-0.1, -0.05) is 5.16 Å². The Morgan fingerprint density at radius 3 is 2.58 bits per heavy atom. The van der Waals surface area contributed by atoms with Crippen LogP contribution in [0.15, 0.2) is 33.2 Å². The summed E-state index contributed by atoms with van der Waals surface area (Å²) in [6, 6.07) is 3.03. The summed E-state index contributed by atoms with van der Waals surface area (Å²) in [5, 5.41) is 8.15. The highest BCUT2D eigenvalue weighted by Crippen LogP contribution is 2.28. The highest BCUT2D eigenvalue weighted by atomic mass is 32.2. The summed E-state index contributed by atoms with van der Waals surface area (Å²) < 4.78 is 30.8. The van der Waals surface area contributed by atoms with E-state index in [4.69, 9.17) is 9.57 Å². The Morgan fingerprint density at radius 2 is 2.00 bits per heavy atom. The van der Waals surface area contributed by atoms with E-state index in [0.29, 0.717) is 41.1 Å². The van der Waals surface area contributed by atoms with E-state index in [1.54, 1.807) is 19.9 Å². The number of oxime groups is 1. The third kappa shape index (κ3) is 2.98. The number of ether oxygens (including phenoxy) is 1. The molecule has 1 aliphatic rings. The summed E-state index contributed by atoms with van der Waals surface area (Å²) in [5.74, 6) is 0.190. The average molecular weight is 377 g/mol. The first-order valence-electron chi connectivity index (χ1n) is 7.92. The quantitative estimate of drug-likeness (QED) is 0.798. The van der Waals surface area contributed by atoms with Crippen LogP contribution in [-0.4, -0.2) is 43.9 Å². The van der Waals surface area contributed by atoms with Crippen molar-refractivity contribution in [1.82, 2.24) is 9.78 Å². The Labute approximate surface area is 151 Å². The van der Waals surface area contributed by atoms with Crippen molar-refractivity contribution >= 4 is 15.5 Å². The van der Waals surface area contributed by atoms with E-state index >= 15 is 0 Å². The molecule has 0 spiro atoms. The fraction of sp³-hybridized carbons (Fsp3) is 0.353. The molecule has 0 saturated carbocycles. The van der Waals surface area contributed by atoms with E-state index in [-0.39, 0.29) is 10.6 Å². The van der Waals surface area contributed by atoms with Crippen molar-refractivity contribution in [3.63, 3.8) is 0 Å². The van der Waals surface area contributed by atoms with Crippen molar-refractivity contribution in [2.24, 2.45) is 5.16 Å². The maximum absolute atomic E-state index is 12.7. The van der Waals surface area contributed by atoms with E-state index in [1.807, 2.05) is 0 Å². The molecule has 26 heavy (non-hydrogen) atoms. The number of aryl methyl sites for hydroxylation is 1. The summed E-state index contributed by atoms with van der Waals surface area (Å²) in [6.07, 6.45) is 3.16. The standard InChI is InChI=1S/C17H19N3O5S/c1-10-9-18-20(17(21)16(10)24-3)13-5-6-14(26(4,22)23)15(11(13)2)12-7-8-25-19-12/h5-6,9H,7-8H2,1-4H3. The molecule has 0 fully saturated rings. The molecular weight excluding hydrogens is 358 g/mol. The second-order valence-corrected chi connectivity index (χ2v) is 8.04. The third-order valence-electron chi connectivity index (χ3n) is 4.24. The van der Waals surface area contributed by atoms with Crippen LogP contribution in [0.4, 0.5) is 0 Å². The van der Waals surface area contributed by atoms with E-state index in [0.717, 1.165) is 6.26 Å². The van der Waals surface area contributed by atoms with Crippen LogP contribution in [0.5, 0.6) is 5.75 Å². The van der Waals surface area contributed by atoms with Crippen LogP contribution in [0.1, 0.15) is 23.1 Å². The molecule has 0 unspecified atom stereocenters. The first-order chi connectivity index (χ1) is 12.3. The molecule has 2 aromatic rings. The zero-order valence-electron chi connectivity index (χ0n) is 14.9. The number of aromatic nitrogens is 2. The predicted molar refractivity (Wildman–Crippen MR) is 96.1 cm³/mol. The summed E-state index contributed by atoms with van der Waals surface area (Å²) in [7, 11) is -2.07. The van der Waals surface area contributed by atoms with Crippen LogP contribution in [0.3, 0.4) is 0 Å². The van der Waals surface area contributed by atoms with E-state index < -0.39 is 15.4 Å². The van der Waals surface area contributed by atoms with Gasteiger partial charge in [0.2, 0.25) is 0 Å². The van der Waals surface area contributed by atoms with Gasteiger partial charge in [0.25, 0.3) is 0 Å². The average Bonchev–Trinajstić information content (AvgIpc) is 3.09. The molecule has 1 aromatic heterocycles. The minimum atomic E-state index is -3.49. The number of methoxy groups -OCH3 is 1. The second kappa shape index (κ2) is 6.56. The molecule has 3 rings (SSSR count). The monoisotopic (exact) mass is 377 g/mol. The number of benzene rings is 1. The molecule has 138 valence electrons. The number of nitrogens with zero attached hydrogens (tertiary/aromatic N) is 3. The van der Waals surface area contributed by atoms with E-state index in [2.05, 4.69) is 10.3 Å². The summed E-state index contributed by atoms with van der Waals surface area (Å²) >= 11 is 0. The van der Waals surface area contributed by atoms with Crippen LogP contribution in [0, 0.1) is 13.8 Å². The van der Waals surface area contributed by atoms with Crippen molar-refractivity contribution in [1.29, 1.82) is 0 Å². The minimum Gasteiger partial charge on any atom is -0.491 e. The van der Waals surface area contributed by atoms with Crippen molar-refractivity contribution in [3.8, 4) is 11.4 Å². The van der Waals surface area contributed by atoms with Gasteiger partial charge in [-0.3, -0.25) is 4.79 Å². The number of hydrogen-bond donors (Lipinski definition) is 0. The van der Waals surface area contributed by atoms with Gasteiger partial charge in [-0.2, -0.15) is 9.78 Å². The molecule has 9 heteroatoms. The van der Waals surface area contributed by atoms with Crippen LogP contribution in [0.2, 0.25) is 0 Å². The van der Waals surface area contributed by atoms with Gasteiger partial charge in [0, 0.05) is 23.8 Å². The molecule has 1 aliphatic heterocycles. The molecule has 0 N–H and O–H groups in total. The van der Waals surface area contributed by atoms with E-state index in [1.165, 1.54) is 24.1 Å². The van der Waals surface area contributed by atoms with Crippen molar-refractivity contribution in [2.75, 3.05) is 20.0 Å². The Hall–Kier alpha value is -2.68. The first kappa shape index (κ1) is 18.1. The maximum Gasteiger partial charge on any atom is 0.314 e. The molecule has 0 amide bonds. The lowest BCUT2D eigenvalue weighted by Crippen LogP contribution is -2.25. The summed E-state index contributed by atoms with van der Waals surface area (Å²) in [6.45, 7) is 3.85. The maximum atomic E-state index is 12.7. The van der Waals surface area contributed by atoms with Crippen LogP contribution in [-0.2, 0) is 14.7 Å². The summed E-state index contributed by atoms with van der Waals surface area (Å²) in [4.78, 5) is 17.9. The Bertz CT molecular complexity index is 1070. The molecule has 1 aromatic carbocycles. The molecule has 0 radical (unpaired) electrons. The largest absolute Gasteiger partial charge is 0.491 e. The fourth-order valence-corrected chi connectivity index (χ4v) is 3.95. The lowest BCUT2D eigenvalue weighted by molar-refractivity contribution is 0.174. The Morgan fingerprint density at radius 1 is 1.27 bits per heavy atom. The van der Waals surface area contributed by atoms with Crippen LogP contribution in [0.25, 0.3) is 5.69 Å². The highest BCUT2D eigenvalue weighted by Gasteiger charge is 2.25.